The maximum atomic E-state index is 12.7. The number of amides is 1. The lowest BCUT2D eigenvalue weighted by Gasteiger charge is -2.23. The van der Waals surface area contributed by atoms with Crippen molar-refractivity contribution in [3.05, 3.63) is 101 Å². The topological polar surface area (TPSA) is 79.3 Å². The molecule has 0 saturated carbocycles. The molecule has 0 spiro atoms. The number of aryl methyl sites for hydroxylation is 1. The fourth-order valence-electron chi connectivity index (χ4n) is 3.31. The van der Waals surface area contributed by atoms with Crippen LogP contribution in [-0.2, 0) is 22.4 Å². The molecule has 0 aliphatic heterocycles. The van der Waals surface area contributed by atoms with Gasteiger partial charge < -0.3 is 10.4 Å². The third kappa shape index (κ3) is 6.93. The second kappa shape index (κ2) is 11.3. The molecule has 2 aromatic carbocycles. The fraction of sp³-hybridized carbons (Fsp3) is 0.240. The monoisotopic (exact) mass is 438 g/mol. The van der Waals surface area contributed by atoms with Crippen LogP contribution in [0.4, 0.5) is 0 Å². The molecule has 0 aliphatic rings. The van der Waals surface area contributed by atoms with Crippen molar-refractivity contribution in [3.63, 3.8) is 0 Å². The number of carbonyl (C=O) groups is 2. The highest BCUT2D eigenvalue weighted by Crippen LogP contribution is 2.23. The molecule has 0 bridgehead atoms. The molecule has 0 aliphatic carbocycles. The minimum Gasteiger partial charge on any atom is -0.481 e. The smallest absolute Gasteiger partial charge is 0.308 e. The highest BCUT2D eigenvalue weighted by Gasteiger charge is 2.26. The number of carboxylic acids is 1. The fourth-order valence-corrected chi connectivity index (χ4v) is 3.31. The zero-order valence-corrected chi connectivity index (χ0v) is 18.4. The van der Waals surface area contributed by atoms with Gasteiger partial charge in [0.05, 0.1) is 18.4 Å². The number of aliphatic carboxylic acids is 1. The number of pyridine rings is 1. The standard InChI is InChI=1S/C25H26N2O3.ClH/c1-17-6-12-21(13-7-17)24(18(2)25(29)30)27-23(28)16-20-10-8-19(9-11-20)15-22-5-3-4-14-26-22;/h3-14,18,24H,15-16H2,1-2H3,(H,27,28)(H,29,30);1H/t18-,24+;/m1./s1. The van der Waals surface area contributed by atoms with Gasteiger partial charge in [-0.1, -0.05) is 60.2 Å². The van der Waals surface area contributed by atoms with Crippen molar-refractivity contribution in [1.82, 2.24) is 10.3 Å². The second-order valence-corrected chi connectivity index (χ2v) is 7.57. The van der Waals surface area contributed by atoms with Crippen LogP contribution < -0.4 is 5.32 Å². The van der Waals surface area contributed by atoms with Crippen molar-refractivity contribution in [1.29, 1.82) is 0 Å². The van der Waals surface area contributed by atoms with Gasteiger partial charge in [0.2, 0.25) is 5.91 Å². The second-order valence-electron chi connectivity index (χ2n) is 7.57. The van der Waals surface area contributed by atoms with Gasteiger partial charge in [0.1, 0.15) is 0 Å². The van der Waals surface area contributed by atoms with E-state index in [1.807, 2.05) is 73.7 Å². The van der Waals surface area contributed by atoms with E-state index in [4.69, 9.17) is 0 Å². The largest absolute Gasteiger partial charge is 0.481 e. The van der Waals surface area contributed by atoms with Gasteiger partial charge in [-0.3, -0.25) is 14.6 Å². The summed E-state index contributed by atoms with van der Waals surface area (Å²) in [4.78, 5) is 28.5. The average molecular weight is 439 g/mol. The first-order valence-corrected chi connectivity index (χ1v) is 9.99. The number of nitrogens with zero attached hydrogens (tertiary/aromatic N) is 1. The van der Waals surface area contributed by atoms with Crippen molar-refractivity contribution in [2.24, 2.45) is 5.92 Å². The number of benzene rings is 2. The summed E-state index contributed by atoms with van der Waals surface area (Å²) in [5.74, 6) is -1.89. The molecule has 0 unspecified atom stereocenters. The molecule has 5 nitrogen and oxygen atoms in total. The Morgan fingerprint density at radius 2 is 1.61 bits per heavy atom. The quantitative estimate of drug-likeness (QED) is 0.541. The molecule has 1 heterocycles. The Balaban J connectivity index is 0.00000341. The number of halogens is 1. The summed E-state index contributed by atoms with van der Waals surface area (Å²) in [6.45, 7) is 3.58. The molecule has 162 valence electrons. The van der Waals surface area contributed by atoms with Gasteiger partial charge in [-0.15, -0.1) is 12.4 Å². The molecule has 3 aromatic rings. The van der Waals surface area contributed by atoms with Crippen molar-refractivity contribution < 1.29 is 14.7 Å². The van der Waals surface area contributed by atoms with Crippen molar-refractivity contribution in [2.75, 3.05) is 0 Å². The van der Waals surface area contributed by atoms with Crippen LogP contribution in [0.5, 0.6) is 0 Å². The number of nitrogens with one attached hydrogen (secondary N) is 1. The van der Waals surface area contributed by atoms with Gasteiger partial charge in [0.25, 0.3) is 0 Å². The summed E-state index contributed by atoms with van der Waals surface area (Å²) in [5, 5.41) is 12.4. The van der Waals surface area contributed by atoms with Gasteiger partial charge in [-0.05, 0) is 42.7 Å². The van der Waals surface area contributed by atoms with E-state index in [2.05, 4.69) is 10.3 Å². The van der Waals surface area contributed by atoms with E-state index in [-0.39, 0.29) is 24.7 Å². The Hall–Kier alpha value is -3.18. The van der Waals surface area contributed by atoms with Crippen LogP contribution in [0.3, 0.4) is 0 Å². The SMILES string of the molecule is Cc1ccc([C@@H](NC(=O)Cc2ccc(Cc3ccccn3)cc2)[C@@H](C)C(=O)O)cc1.Cl. The van der Waals surface area contributed by atoms with Crippen molar-refractivity contribution in [2.45, 2.75) is 32.7 Å². The third-order valence-corrected chi connectivity index (χ3v) is 5.14. The average Bonchev–Trinajstić information content (AvgIpc) is 2.74. The number of hydrogen-bond acceptors (Lipinski definition) is 3. The summed E-state index contributed by atoms with van der Waals surface area (Å²) in [5.41, 5.74) is 4.86. The molecule has 2 N–H and O–H groups in total. The maximum absolute atomic E-state index is 12.7. The van der Waals surface area contributed by atoms with Crippen LogP contribution in [0.1, 0.15) is 40.9 Å². The van der Waals surface area contributed by atoms with Crippen LogP contribution >= 0.6 is 12.4 Å². The molecule has 0 radical (unpaired) electrons. The highest BCUT2D eigenvalue weighted by molar-refractivity contribution is 5.85. The van der Waals surface area contributed by atoms with Gasteiger partial charge >= 0.3 is 5.97 Å². The van der Waals surface area contributed by atoms with Crippen LogP contribution in [0, 0.1) is 12.8 Å². The lowest BCUT2D eigenvalue weighted by atomic mass is 9.93. The van der Waals surface area contributed by atoms with Crippen LogP contribution in [0.15, 0.2) is 72.9 Å². The number of carbonyl (C=O) groups excluding carboxylic acids is 1. The van der Waals surface area contributed by atoms with E-state index in [0.29, 0.717) is 0 Å². The summed E-state index contributed by atoms with van der Waals surface area (Å²) >= 11 is 0. The number of hydrogen-bond donors (Lipinski definition) is 2. The van der Waals surface area contributed by atoms with E-state index in [0.717, 1.165) is 34.4 Å². The summed E-state index contributed by atoms with van der Waals surface area (Å²) in [6.07, 6.45) is 2.70. The van der Waals surface area contributed by atoms with Crippen molar-refractivity contribution in [3.8, 4) is 0 Å². The Morgan fingerprint density at radius 3 is 2.19 bits per heavy atom. The molecule has 31 heavy (non-hydrogen) atoms. The molecule has 0 fully saturated rings. The van der Waals surface area contributed by atoms with Crippen LogP contribution in [0.2, 0.25) is 0 Å². The normalized spacial score (nSPS) is 12.3. The van der Waals surface area contributed by atoms with E-state index in [9.17, 15) is 14.7 Å². The zero-order chi connectivity index (χ0) is 21.5. The predicted octanol–water partition coefficient (Wildman–Crippen LogP) is 4.52. The number of aromatic nitrogens is 1. The molecular formula is C25H27ClN2O3. The molecule has 1 amide bonds. The van der Waals surface area contributed by atoms with Crippen LogP contribution in [0.25, 0.3) is 0 Å². The first-order valence-electron chi connectivity index (χ1n) is 9.99. The summed E-state index contributed by atoms with van der Waals surface area (Å²) in [7, 11) is 0. The molecule has 3 rings (SSSR count). The summed E-state index contributed by atoms with van der Waals surface area (Å²) < 4.78 is 0. The Bertz CT molecular complexity index is 990. The van der Waals surface area contributed by atoms with E-state index < -0.39 is 17.9 Å². The predicted molar refractivity (Wildman–Crippen MR) is 123 cm³/mol. The lowest BCUT2D eigenvalue weighted by Crippen LogP contribution is -2.36. The Morgan fingerprint density at radius 1 is 0.968 bits per heavy atom. The molecule has 0 saturated heterocycles. The van der Waals surface area contributed by atoms with Crippen LogP contribution in [-0.4, -0.2) is 22.0 Å². The van der Waals surface area contributed by atoms with Gasteiger partial charge in [0.15, 0.2) is 0 Å². The van der Waals surface area contributed by atoms with E-state index >= 15 is 0 Å². The Kier molecular flexibility index (Phi) is 8.76. The van der Waals surface area contributed by atoms with Gasteiger partial charge in [0, 0.05) is 18.3 Å². The van der Waals surface area contributed by atoms with Gasteiger partial charge in [-0.25, -0.2) is 0 Å². The van der Waals surface area contributed by atoms with E-state index in [1.54, 1.807) is 13.1 Å². The maximum Gasteiger partial charge on any atom is 0.308 e. The molecule has 1 aromatic heterocycles. The minimum absolute atomic E-state index is 0. The molecule has 2 atom stereocenters. The minimum atomic E-state index is -0.945. The molecular weight excluding hydrogens is 412 g/mol. The lowest BCUT2D eigenvalue weighted by molar-refractivity contribution is -0.142. The first-order chi connectivity index (χ1) is 14.4. The third-order valence-electron chi connectivity index (χ3n) is 5.14. The Labute approximate surface area is 189 Å². The van der Waals surface area contributed by atoms with Crippen molar-refractivity contribution >= 4 is 24.3 Å². The highest BCUT2D eigenvalue weighted by atomic mass is 35.5. The van der Waals surface area contributed by atoms with Gasteiger partial charge in [-0.2, -0.15) is 0 Å². The number of rotatable bonds is 8. The summed E-state index contributed by atoms with van der Waals surface area (Å²) in [6, 6.07) is 20.7. The zero-order valence-electron chi connectivity index (χ0n) is 17.6. The molecule has 6 heteroatoms. The van der Waals surface area contributed by atoms with E-state index in [1.165, 1.54) is 0 Å². The first kappa shape index (κ1) is 24.1. The number of carboxylic acid groups (broad SMARTS) is 1.